The van der Waals surface area contributed by atoms with Gasteiger partial charge in [-0.15, -0.1) is 15.3 Å². The summed E-state index contributed by atoms with van der Waals surface area (Å²) in [5, 5.41) is 28.3. The van der Waals surface area contributed by atoms with Gasteiger partial charge in [0.15, 0.2) is 17.1 Å². The Morgan fingerprint density at radius 1 is 1.16 bits per heavy atom. The zero-order valence-corrected chi connectivity index (χ0v) is 21.1. The molecule has 12 nitrogen and oxygen atoms in total. The molecule has 1 aliphatic heterocycles. The highest BCUT2D eigenvalue weighted by molar-refractivity contribution is 5.93. The van der Waals surface area contributed by atoms with Gasteiger partial charge in [-0.3, -0.25) is 15.2 Å². The molecule has 0 aliphatic carbocycles. The minimum absolute atomic E-state index is 0.158. The lowest BCUT2D eigenvalue weighted by Crippen LogP contribution is -2.45. The smallest absolute Gasteiger partial charge is 0.267 e. The Balaban J connectivity index is 1.35. The third kappa shape index (κ3) is 5.44. The van der Waals surface area contributed by atoms with Gasteiger partial charge in [0.05, 0.1) is 11.3 Å². The molecule has 37 heavy (non-hydrogen) atoms. The summed E-state index contributed by atoms with van der Waals surface area (Å²) in [7, 11) is 0. The van der Waals surface area contributed by atoms with Gasteiger partial charge in [0.2, 0.25) is 11.7 Å². The summed E-state index contributed by atoms with van der Waals surface area (Å²) in [6, 6.07) is 6.99. The zero-order valence-electron chi connectivity index (χ0n) is 21.1. The van der Waals surface area contributed by atoms with Crippen LogP contribution in [0.5, 0.6) is 5.88 Å². The molecule has 1 fully saturated rings. The third-order valence-corrected chi connectivity index (χ3v) is 6.17. The Labute approximate surface area is 213 Å². The fourth-order valence-electron chi connectivity index (χ4n) is 4.11. The van der Waals surface area contributed by atoms with Gasteiger partial charge < -0.3 is 14.4 Å². The van der Waals surface area contributed by atoms with Crippen LogP contribution in [-0.2, 0) is 18.6 Å². The van der Waals surface area contributed by atoms with E-state index in [9.17, 15) is 9.90 Å². The molecule has 4 aromatic rings. The van der Waals surface area contributed by atoms with Crippen LogP contribution in [0.2, 0.25) is 0 Å². The van der Waals surface area contributed by atoms with Crippen molar-refractivity contribution in [3.8, 4) is 17.4 Å². The topological polar surface area (TPSA) is 144 Å². The molecule has 4 aromatic heterocycles. The molecule has 1 saturated heterocycles. The first-order chi connectivity index (χ1) is 17.8. The predicted octanol–water partition coefficient (Wildman–Crippen LogP) is 2.67. The molecule has 0 atom stereocenters. The molecule has 0 aromatic carbocycles. The standard InChI is InChI=1S/C25H30N8O4/c1-25(2,3)19-12-21-27-28-22(20-11-18(14-34)37-31-20)33(21)30-24(19)36-15-17-8-7-16(13-26-17)23(35)29-32-9-5-4-6-10-32/h7-8,11-13,34H,4-6,9-10,14-15H2,1-3H3,(H,29,35). The van der Waals surface area contributed by atoms with Crippen molar-refractivity contribution in [3.63, 3.8) is 0 Å². The minimum Gasteiger partial charge on any atom is -0.470 e. The highest BCUT2D eigenvalue weighted by atomic mass is 16.5. The van der Waals surface area contributed by atoms with Gasteiger partial charge in [-0.1, -0.05) is 32.3 Å². The molecule has 0 bridgehead atoms. The van der Waals surface area contributed by atoms with Crippen LogP contribution < -0.4 is 10.2 Å². The Hall–Kier alpha value is -3.90. The van der Waals surface area contributed by atoms with Crippen molar-refractivity contribution in [2.24, 2.45) is 0 Å². The van der Waals surface area contributed by atoms with Crippen LogP contribution in [-0.4, -0.2) is 59.1 Å². The van der Waals surface area contributed by atoms with Crippen molar-refractivity contribution in [2.45, 2.75) is 58.7 Å². The van der Waals surface area contributed by atoms with Crippen LogP contribution >= 0.6 is 0 Å². The van der Waals surface area contributed by atoms with Crippen molar-refractivity contribution in [1.29, 1.82) is 0 Å². The molecule has 194 valence electrons. The Bertz CT molecular complexity index is 1380. The molecule has 0 unspecified atom stereocenters. The number of nitrogens with zero attached hydrogens (tertiary/aromatic N) is 7. The second-order valence-electron chi connectivity index (χ2n) is 10.1. The number of rotatable bonds is 7. The van der Waals surface area contributed by atoms with Gasteiger partial charge in [-0.2, -0.15) is 4.52 Å². The normalized spacial score (nSPS) is 14.7. The van der Waals surface area contributed by atoms with Crippen molar-refractivity contribution in [1.82, 2.24) is 40.4 Å². The second kappa shape index (κ2) is 10.2. The number of amides is 1. The van der Waals surface area contributed by atoms with Crippen molar-refractivity contribution in [3.05, 3.63) is 53.0 Å². The van der Waals surface area contributed by atoms with Gasteiger partial charge in [0.25, 0.3) is 5.91 Å². The average molecular weight is 507 g/mol. The first-order valence-corrected chi connectivity index (χ1v) is 12.3. The van der Waals surface area contributed by atoms with Crippen LogP contribution in [0.1, 0.15) is 67.4 Å². The highest BCUT2D eigenvalue weighted by Crippen LogP contribution is 2.32. The van der Waals surface area contributed by atoms with E-state index in [1.807, 2.05) is 11.1 Å². The van der Waals surface area contributed by atoms with Crippen molar-refractivity contribution >= 4 is 11.6 Å². The molecule has 1 amide bonds. The van der Waals surface area contributed by atoms with E-state index in [1.165, 1.54) is 10.9 Å². The number of pyridine rings is 1. The van der Waals surface area contributed by atoms with E-state index >= 15 is 0 Å². The van der Waals surface area contributed by atoms with Crippen molar-refractivity contribution in [2.75, 3.05) is 13.1 Å². The number of hydrazine groups is 1. The minimum atomic E-state index is -0.280. The first-order valence-electron chi connectivity index (χ1n) is 12.3. The fourth-order valence-corrected chi connectivity index (χ4v) is 4.11. The molecule has 1 aliphatic rings. The molecular weight excluding hydrogens is 476 g/mol. The third-order valence-electron chi connectivity index (χ3n) is 6.17. The summed E-state index contributed by atoms with van der Waals surface area (Å²) in [6.07, 6.45) is 4.93. The molecule has 2 N–H and O–H groups in total. The number of carbonyl (C=O) groups excluding carboxylic acids is 1. The van der Waals surface area contributed by atoms with Crippen LogP contribution in [0.4, 0.5) is 0 Å². The SMILES string of the molecule is CC(C)(C)c1cc2nnc(-c3cc(CO)on3)n2nc1OCc1ccc(C(=O)NN2CCCCC2)cn1. The van der Waals surface area contributed by atoms with E-state index in [1.54, 1.807) is 24.4 Å². The maximum absolute atomic E-state index is 12.6. The number of ether oxygens (including phenoxy) is 1. The number of fused-ring (bicyclic) bond motifs is 1. The van der Waals surface area contributed by atoms with Gasteiger partial charge in [0.1, 0.15) is 13.2 Å². The molecule has 0 radical (unpaired) electrons. The summed E-state index contributed by atoms with van der Waals surface area (Å²) < 4.78 is 12.7. The Morgan fingerprint density at radius 2 is 1.97 bits per heavy atom. The van der Waals surface area contributed by atoms with Crippen LogP contribution in [0, 0.1) is 0 Å². The first kappa shape index (κ1) is 24.8. The lowest BCUT2D eigenvalue weighted by Gasteiger charge is -2.26. The predicted molar refractivity (Wildman–Crippen MR) is 132 cm³/mol. The maximum atomic E-state index is 12.6. The number of hydrogen-bond donors (Lipinski definition) is 2. The molecule has 5 rings (SSSR count). The van der Waals surface area contributed by atoms with E-state index in [4.69, 9.17) is 9.26 Å². The number of aliphatic hydroxyl groups excluding tert-OH is 1. The van der Waals surface area contributed by atoms with Crippen LogP contribution in [0.3, 0.4) is 0 Å². The number of hydrogen-bond acceptors (Lipinski definition) is 10. The van der Waals surface area contributed by atoms with E-state index in [0.717, 1.165) is 31.5 Å². The Morgan fingerprint density at radius 3 is 2.65 bits per heavy atom. The molecule has 0 saturated carbocycles. The summed E-state index contributed by atoms with van der Waals surface area (Å²) in [5.74, 6) is 0.918. The number of carbonyl (C=O) groups is 1. The van der Waals surface area contributed by atoms with Gasteiger partial charge in [-0.05, 0) is 36.5 Å². The highest BCUT2D eigenvalue weighted by Gasteiger charge is 2.25. The summed E-state index contributed by atoms with van der Waals surface area (Å²) >= 11 is 0. The molecule has 5 heterocycles. The fraction of sp³-hybridized carbons (Fsp3) is 0.440. The van der Waals surface area contributed by atoms with Crippen LogP contribution in [0.25, 0.3) is 17.2 Å². The van der Waals surface area contributed by atoms with Crippen molar-refractivity contribution < 1.29 is 19.2 Å². The quantitative estimate of drug-likeness (QED) is 0.384. The van der Waals surface area contributed by atoms with Crippen LogP contribution in [0.15, 0.2) is 35.0 Å². The number of nitrogens with one attached hydrogen (secondary N) is 1. The maximum Gasteiger partial charge on any atom is 0.267 e. The summed E-state index contributed by atoms with van der Waals surface area (Å²) in [4.78, 5) is 17.0. The largest absolute Gasteiger partial charge is 0.470 e. The van der Waals surface area contributed by atoms with Gasteiger partial charge in [-0.25, -0.2) is 5.01 Å². The Kier molecular flexibility index (Phi) is 6.85. The number of piperidine rings is 1. The zero-order chi connectivity index (χ0) is 26.0. The lowest BCUT2D eigenvalue weighted by molar-refractivity contribution is 0.0749. The summed E-state index contributed by atoms with van der Waals surface area (Å²) in [6.45, 7) is 7.80. The molecular formula is C25H30N8O4. The van der Waals surface area contributed by atoms with E-state index < -0.39 is 0 Å². The number of aromatic nitrogens is 6. The molecule has 0 spiro atoms. The van der Waals surface area contributed by atoms with Gasteiger partial charge >= 0.3 is 0 Å². The van der Waals surface area contributed by atoms with E-state index in [0.29, 0.717) is 40.1 Å². The second-order valence-corrected chi connectivity index (χ2v) is 10.1. The lowest BCUT2D eigenvalue weighted by atomic mass is 9.88. The average Bonchev–Trinajstić information content (AvgIpc) is 3.54. The summed E-state index contributed by atoms with van der Waals surface area (Å²) in [5.41, 5.74) is 5.60. The molecule has 12 heteroatoms. The monoisotopic (exact) mass is 506 g/mol. The van der Waals surface area contributed by atoms with E-state index in [-0.39, 0.29) is 24.5 Å². The number of aliphatic hydroxyl groups is 1. The van der Waals surface area contributed by atoms with Gasteiger partial charge in [0, 0.05) is 30.9 Å². The van der Waals surface area contributed by atoms with E-state index in [2.05, 4.69) is 51.6 Å².